The number of rotatable bonds is 5. The Kier molecular flexibility index (Phi) is 5.40. The molecule has 0 aliphatic carbocycles. The van der Waals surface area contributed by atoms with Gasteiger partial charge in [0, 0.05) is 18.8 Å². The molecule has 0 saturated carbocycles. The van der Waals surface area contributed by atoms with Crippen LogP contribution in [-0.2, 0) is 4.74 Å². The number of carbonyl (C=O) groups is 2. The largest absolute Gasteiger partial charge is 0.376 e. The first-order valence-corrected chi connectivity index (χ1v) is 8.37. The van der Waals surface area contributed by atoms with E-state index in [-0.39, 0.29) is 29.3 Å². The van der Waals surface area contributed by atoms with Gasteiger partial charge in [-0.3, -0.25) is 9.59 Å². The van der Waals surface area contributed by atoms with Gasteiger partial charge >= 0.3 is 0 Å². The predicted octanol–water partition coefficient (Wildman–Crippen LogP) is 2.55. The Morgan fingerprint density at radius 1 is 1.16 bits per heavy atom. The number of benzene rings is 1. The third kappa shape index (κ3) is 4.64. The van der Waals surface area contributed by atoms with Crippen molar-refractivity contribution in [2.45, 2.75) is 25.9 Å². The van der Waals surface area contributed by atoms with E-state index in [1.165, 1.54) is 0 Å². The fraction of sp³-hybridized carbons (Fsp3) is 0.316. The van der Waals surface area contributed by atoms with Gasteiger partial charge in [-0.15, -0.1) is 0 Å². The summed E-state index contributed by atoms with van der Waals surface area (Å²) in [6, 6.07) is 12.3. The zero-order valence-electron chi connectivity index (χ0n) is 14.1. The lowest BCUT2D eigenvalue weighted by molar-refractivity contribution is 0.0853. The van der Waals surface area contributed by atoms with Crippen molar-refractivity contribution in [1.82, 2.24) is 10.3 Å². The lowest BCUT2D eigenvalue weighted by Gasteiger charge is -2.11. The Hall–Kier alpha value is -2.73. The van der Waals surface area contributed by atoms with Gasteiger partial charge in [0.25, 0.3) is 11.8 Å². The van der Waals surface area contributed by atoms with Crippen LogP contribution in [0.4, 0.5) is 5.69 Å². The summed E-state index contributed by atoms with van der Waals surface area (Å²) in [5.41, 5.74) is 2.16. The molecule has 3 rings (SSSR count). The summed E-state index contributed by atoms with van der Waals surface area (Å²) in [6.07, 6.45) is 2.04. The van der Waals surface area contributed by atoms with Crippen LogP contribution in [-0.4, -0.2) is 36.1 Å². The molecule has 0 spiro atoms. The van der Waals surface area contributed by atoms with E-state index in [1.807, 2.05) is 31.2 Å². The number of amides is 2. The summed E-state index contributed by atoms with van der Waals surface area (Å²) < 4.78 is 5.48. The molecular weight excluding hydrogens is 318 g/mol. The van der Waals surface area contributed by atoms with Crippen molar-refractivity contribution in [1.29, 1.82) is 0 Å². The highest BCUT2D eigenvalue weighted by molar-refractivity contribution is 6.03. The molecule has 0 bridgehead atoms. The van der Waals surface area contributed by atoms with Crippen molar-refractivity contribution in [3.63, 3.8) is 0 Å². The average Bonchev–Trinajstić information content (AvgIpc) is 3.13. The van der Waals surface area contributed by atoms with Crippen molar-refractivity contribution < 1.29 is 14.3 Å². The van der Waals surface area contributed by atoms with Crippen LogP contribution in [0.1, 0.15) is 39.4 Å². The smallest absolute Gasteiger partial charge is 0.274 e. The number of ether oxygens (including phenoxy) is 1. The van der Waals surface area contributed by atoms with E-state index in [9.17, 15) is 9.59 Å². The van der Waals surface area contributed by atoms with E-state index in [1.54, 1.807) is 18.2 Å². The van der Waals surface area contributed by atoms with Gasteiger partial charge in [0.15, 0.2) is 0 Å². The van der Waals surface area contributed by atoms with Crippen molar-refractivity contribution in [3.8, 4) is 0 Å². The van der Waals surface area contributed by atoms with E-state index in [0.29, 0.717) is 12.2 Å². The molecule has 130 valence electrons. The lowest BCUT2D eigenvalue weighted by Crippen LogP contribution is -2.32. The van der Waals surface area contributed by atoms with Crippen molar-refractivity contribution in [2.75, 3.05) is 18.5 Å². The number of hydrogen-bond donors (Lipinski definition) is 2. The molecule has 2 aromatic rings. The SMILES string of the molecule is Cc1cccc(NC(=O)c2cccc(C(=O)NCC3CCCO3)n2)c1. The van der Waals surface area contributed by atoms with E-state index in [0.717, 1.165) is 25.0 Å². The number of aryl methyl sites for hydroxylation is 1. The number of carbonyl (C=O) groups excluding carboxylic acids is 2. The molecule has 0 radical (unpaired) electrons. The molecule has 25 heavy (non-hydrogen) atoms. The summed E-state index contributed by atoms with van der Waals surface area (Å²) in [5, 5.41) is 5.59. The summed E-state index contributed by atoms with van der Waals surface area (Å²) in [6.45, 7) is 3.15. The number of nitrogens with one attached hydrogen (secondary N) is 2. The molecule has 2 amide bonds. The summed E-state index contributed by atoms with van der Waals surface area (Å²) in [5.74, 6) is -0.653. The van der Waals surface area contributed by atoms with Gasteiger partial charge in [0.2, 0.25) is 0 Å². The van der Waals surface area contributed by atoms with Crippen LogP contribution in [0.25, 0.3) is 0 Å². The normalized spacial score (nSPS) is 16.4. The number of hydrogen-bond acceptors (Lipinski definition) is 4. The van der Waals surface area contributed by atoms with E-state index < -0.39 is 0 Å². The third-order valence-electron chi connectivity index (χ3n) is 4.00. The van der Waals surface area contributed by atoms with Gasteiger partial charge in [0.05, 0.1) is 6.10 Å². The molecule has 2 N–H and O–H groups in total. The predicted molar refractivity (Wildman–Crippen MR) is 94.7 cm³/mol. The highest BCUT2D eigenvalue weighted by Crippen LogP contribution is 2.12. The van der Waals surface area contributed by atoms with E-state index in [2.05, 4.69) is 15.6 Å². The Labute approximate surface area is 146 Å². The first-order chi connectivity index (χ1) is 12.1. The lowest BCUT2D eigenvalue weighted by atomic mass is 10.2. The molecule has 6 nitrogen and oxygen atoms in total. The second-order valence-corrected chi connectivity index (χ2v) is 6.08. The van der Waals surface area contributed by atoms with Gasteiger partial charge in [-0.25, -0.2) is 4.98 Å². The maximum atomic E-state index is 12.3. The molecule has 1 fully saturated rings. The minimum atomic E-state index is -0.348. The van der Waals surface area contributed by atoms with Crippen LogP contribution in [0, 0.1) is 6.92 Å². The molecular formula is C19H21N3O3. The number of nitrogens with zero attached hydrogens (tertiary/aromatic N) is 1. The fourth-order valence-corrected chi connectivity index (χ4v) is 2.71. The van der Waals surface area contributed by atoms with Gasteiger partial charge in [0.1, 0.15) is 11.4 Å². The number of aromatic nitrogens is 1. The standard InChI is InChI=1S/C19H21N3O3/c1-13-5-2-6-14(11-13)21-19(24)17-9-3-8-16(22-17)18(23)20-12-15-7-4-10-25-15/h2-3,5-6,8-9,11,15H,4,7,10,12H2,1H3,(H,20,23)(H,21,24). The number of anilines is 1. The van der Waals surface area contributed by atoms with Gasteiger partial charge in [-0.1, -0.05) is 18.2 Å². The molecule has 1 aromatic carbocycles. The third-order valence-corrected chi connectivity index (χ3v) is 4.00. The monoisotopic (exact) mass is 339 g/mol. The van der Waals surface area contributed by atoms with Gasteiger partial charge in [-0.05, 0) is 49.6 Å². The summed E-state index contributed by atoms with van der Waals surface area (Å²) in [4.78, 5) is 28.7. The van der Waals surface area contributed by atoms with Gasteiger partial charge in [-0.2, -0.15) is 0 Å². The maximum absolute atomic E-state index is 12.3. The quantitative estimate of drug-likeness (QED) is 0.877. The Morgan fingerprint density at radius 2 is 1.92 bits per heavy atom. The van der Waals surface area contributed by atoms with Crippen molar-refractivity contribution in [3.05, 3.63) is 59.4 Å². The molecule has 1 aliphatic rings. The number of pyridine rings is 1. The van der Waals surface area contributed by atoms with Crippen LogP contribution >= 0.6 is 0 Å². The molecule has 1 aliphatic heterocycles. The van der Waals surface area contributed by atoms with E-state index in [4.69, 9.17) is 4.74 Å². The molecule has 1 unspecified atom stereocenters. The Morgan fingerprint density at radius 3 is 2.64 bits per heavy atom. The maximum Gasteiger partial charge on any atom is 0.274 e. The first-order valence-electron chi connectivity index (χ1n) is 8.37. The molecule has 2 heterocycles. The Balaban J connectivity index is 1.63. The highest BCUT2D eigenvalue weighted by Gasteiger charge is 2.18. The molecule has 1 aromatic heterocycles. The second-order valence-electron chi connectivity index (χ2n) is 6.08. The van der Waals surface area contributed by atoms with Crippen LogP contribution in [0.15, 0.2) is 42.5 Å². The van der Waals surface area contributed by atoms with Gasteiger partial charge < -0.3 is 15.4 Å². The zero-order chi connectivity index (χ0) is 17.6. The second kappa shape index (κ2) is 7.90. The van der Waals surface area contributed by atoms with E-state index >= 15 is 0 Å². The minimum Gasteiger partial charge on any atom is -0.376 e. The molecule has 1 saturated heterocycles. The molecule has 1 atom stereocenters. The Bertz CT molecular complexity index is 770. The summed E-state index contributed by atoms with van der Waals surface area (Å²) >= 11 is 0. The zero-order valence-corrected chi connectivity index (χ0v) is 14.1. The van der Waals surface area contributed by atoms with Crippen LogP contribution in [0.2, 0.25) is 0 Å². The van der Waals surface area contributed by atoms with Crippen molar-refractivity contribution in [2.24, 2.45) is 0 Å². The topological polar surface area (TPSA) is 80.3 Å². The van der Waals surface area contributed by atoms with Crippen LogP contribution in [0.3, 0.4) is 0 Å². The average molecular weight is 339 g/mol. The fourth-order valence-electron chi connectivity index (χ4n) is 2.71. The summed E-state index contributed by atoms with van der Waals surface area (Å²) in [7, 11) is 0. The molecule has 6 heteroatoms. The van der Waals surface area contributed by atoms with Crippen LogP contribution in [0.5, 0.6) is 0 Å². The van der Waals surface area contributed by atoms with Crippen molar-refractivity contribution >= 4 is 17.5 Å². The first kappa shape index (κ1) is 17.1. The minimum absolute atomic E-state index is 0.0664. The highest BCUT2D eigenvalue weighted by atomic mass is 16.5. The van der Waals surface area contributed by atoms with Crippen LogP contribution < -0.4 is 10.6 Å².